The molecule has 0 rings (SSSR count). The topological polar surface area (TPSA) is 66.8 Å². The summed E-state index contributed by atoms with van der Waals surface area (Å²) in [5, 5.41) is 18.1. The minimum absolute atomic E-state index is 0.256. The van der Waals surface area contributed by atoms with Gasteiger partial charge in [-0.1, -0.05) is 13.3 Å². The fourth-order valence-corrected chi connectivity index (χ4v) is 1.06. The Morgan fingerprint density at radius 2 is 2.00 bits per heavy atom. The minimum Gasteiger partial charge on any atom is -0.436 e. The first-order chi connectivity index (χ1) is 6.56. The number of carbonyl (C=O) groups excluding carboxylic acids is 1. The Bertz CT molecular complexity index is 156. The zero-order valence-electron chi connectivity index (χ0n) is 8.90. The smallest absolute Gasteiger partial charge is 0.308 e. The molecule has 0 saturated heterocycles. The van der Waals surface area contributed by atoms with Crippen molar-refractivity contribution in [2.75, 3.05) is 0 Å². The van der Waals surface area contributed by atoms with Gasteiger partial charge in [0.15, 0.2) is 0 Å². The zero-order valence-corrected chi connectivity index (χ0v) is 8.90. The van der Waals surface area contributed by atoms with Gasteiger partial charge >= 0.3 is 5.97 Å². The van der Waals surface area contributed by atoms with Crippen LogP contribution in [0.25, 0.3) is 0 Å². The van der Waals surface area contributed by atoms with Gasteiger partial charge in [-0.05, 0) is 19.8 Å². The van der Waals surface area contributed by atoms with E-state index in [0.29, 0.717) is 19.3 Å². The molecule has 14 heavy (non-hydrogen) atoms. The van der Waals surface area contributed by atoms with Crippen molar-refractivity contribution >= 4 is 5.97 Å². The van der Waals surface area contributed by atoms with Crippen molar-refractivity contribution in [3.63, 3.8) is 0 Å². The summed E-state index contributed by atoms with van der Waals surface area (Å²) in [6.45, 7) is 3.59. The fraction of sp³-hybridized carbons (Fsp3) is 0.900. The fourth-order valence-electron chi connectivity index (χ4n) is 1.06. The highest BCUT2D eigenvalue weighted by molar-refractivity contribution is 5.69. The first-order valence-electron chi connectivity index (χ1n) is 5.11. The molecule has 2 unspecified atom stereocenters. The van der Waals surface area contributed by atoms with E-state index in [9.17, 15) is 4.79 Å². The van der Waals surface area contributed by atoms with Crippen molar-refractivity contribution < 1.29 is 19.7 Å². The molecule has 4 heteroatoms. The summed E-state index contributed by atoms with van der Waals surface area (Å²) in [6.07, 6.45) is 1.33. The number of aliphatic hydroxyl groups is 2. The molecule has 0 aromatic rings. The SMILES string of the molecule is CCCC(O)OC(=O)CCCC(C)O. The highest BCUT2D eigenvalue weighted by atomic mass is 16.6. The lowest BCUT2D eigenvalue weighted by Crippen LogP contribution is -2.17. The Balaban J connectivity index is 3.45. The van der Waals surface area contributed by atoms with E-state index < -0.39 is 12.3 Å². The largest absolute Gasteiger partial charge is 0.436 e. The summed E-state index contributed by atoms with van der Waals surface area (Å²) < 4.78 is 4.71. The number of carbonyl (C=O) groups is 1. The number of aliphatic hydroxyl groups excluding tert-OH is 2. The Kier molecular flexibility index (Phi) is 7.42. The van der Waals surface area contributed by atoms with E-state index in [-0.39, 0.29) is 12.5 Å². The van der Waals surface area contributed by atoms with Crippen LogP contribution in [0.4, 0.5) is 0 Å². The van der Waals surface area contributed by atoms with Crippen molar-refractivity contribution in [3.8, 4) is 0 Å². The van der Waals surface area contributed by atoms with Gasteiger partial charge in [-0.3, -0.25) is 4.79 Å². The lowest BCUT2D eigenvalue weighted by molar-refractivity contribution is -0.168. The van der Waals surface area contributed by atoms with E-state index in [0.717, 1.165) is 6.42 Å². The summed E-state index contributed by atoms with van der Waals surface area (Å²) in [4.78, 5) is 11.0. The van der Waals surface area contributed by atoms with Crippen LogP contribution in [-0.4, -0.2) is 28.6 Å². The van der Waals surface area contributed by atoms with E-state index in [1.54, 1.807) is 6.92 Å². The molecule has 0 aromatic carbocycles. The number of ether oxygens (including phenoxy) is 1. The van der Waals surface area contributed by atoms with Gasteiger partial charge in [0.1, 0.15) is 0 Å². The van der Waals surface area contributed by atoms with Crippen molar-refractivity contribution in [3.05, 3.63) is 0 Å². The predicted octanol–water partition coefficient (Wildman–Crippen LogP) is 1.20. The molecule has 0 aliphatic carbocycles. The molecule has 2 N–H and O–H groups in total. The van der Waals surface area contributed by atoms with Gasteiger partial charge in [-0.2, -0.15) is 0 Å². The molecule has 84 valence electrons. The molecule has 0 spiro atoms. The van der Waals surface area contributed by atoms with Crippen molar-refractivity contribution in [2.45, 2.75) is 58.3 Å². The van der Waals surface area contributed by atoms with Crippen LogP contribution in [-0.2, 0) is 9.53 Å². The molecule has 0 fully saturated rings. The van der Waals surface area contributed by atoms with E-state index in [4.69, 9.17) is 14.9 Å². The van der Waals surface area contributed by atoms with Gasteiger partial charge < -0.3 is 14.9 Å². The van der Waals surface area contributed by atoms with Crippen LogP contribution in [0.1, 0.15) is 46.0 Å². The van der Waals surface area contributed by atoms with E-state index in [1.807, 2.05) is 6.92 Å². The first-order valence-corrected chi connectivity index (χ1v) is 5.11. The van der Waals surface area contributed by atoms with Crippen molar-refractivity contribution in [2.24, 2.45) is 0 Å². The highest BCUT2D eigenvalue weighted by Gasteiger charge is 2.09. The monoisotopic (exact) mass is 204 g/mol. The number of hydrogen-bond donors (Lipinski definition) is 2. The Hall–Kier alpha value is -0.610. The molecule has 0 aromatic heterocycles. The van der Waals surface area contributed by atoms with Gasteiger partial charge in [0.2, 0.25) is 6.29 Å². The van der Waals surface area contributed by atoms with Crippen LogP contribution in [0.5, 0.6) is 0 Å². The molecule has 0 radical (unpaired) electrons. The molecular formula is C10H20O4. The molecule has 4 nitrogen and oxygen atoms in total. The van der Waals surface area contributed by atoms with Gasteiger partial charge in [0.25, 0.3) is 0 Å². The normalized spacial score (nSPS) is 14.9. The summed E-state index contributed by atoms with van der Waals surface area (Å²) in [5.41, 5.74) is 0. The standard InChI is InChI=1S/C10H20O4/c1-3-5-9(12)14-10(13)7-4-6-8(2)11/h8-9,11-12H,3-7H2,1-2H3. The molecular weight excluding hydrogens is 184 g/mol. The van der Waals surface area contributed by atoms with Crippen molar-refractivity contribution in [1.29, 1.82) is 0 Å². The third-order valence-electron chi connectivity index (χ3n) is 1.81. The predicted molar refractivity (Wildman–Crippen MR) is 52.5 cm³/mol. The summed E-state index contributed by atoms with van der Waals surface area (Å²) in [5.74, 6) is -0.397. The maximum Gasteiger partial charge on any atom is 0.308 e. The Morgan fingerprint density at radius 3 is 2.50 bits per heavy atom. The van der Waals surface area contributed by atoms with Gasteiger partial charge in [-0.25, -0.2) is 0 Å². The molecule has 2 atom stereocenters. The molecule has 0 saturated carbocycles. The molecule has 0 heterocycles. The average molecular weight is 204 g/mol. The molecule has 0 aliphatic rings. The summed E-state index contributed by atoms with van der Waals surface area (Å²) in [6, 6.07) is 0. The minimum atomic E-state index is -0.973. The number of hydrogen-bond acceptors (Lipinski definition) is 4. The zero-order chi connectivity index (χ0) is 11.0. The molecule has 0 bridgehead atoms. The first kappa shape index (κ1) is 13.4. The van der Waals surface area contributed by atoms with E-state index in [2.05, 4.69) is 0 Å². The lowest BCUT2D eigenvalue weighted by Gasteiger charge is -2.10. The summed E-state index contributed by atoms with van der Waals surface area (Å²) >= 11 is 0. The molecule has 0 amide bonds. The van der Waals surface area contributed by atoms with Gasteiger partial charge in [-0.15, -0.1) is 0 Å². The second-order valence-corrected chi connectivity index (χ2v) is 3.47. The second-order valence-electron chi connectivity index (χ2n) is 3.47. The van der Waals surface area contributed by atoms with Crippen LogP contribution in [0.3, 0.4) is 0 Å². The molecule has 0 aliphatic heterocycles. The van der Waals surface area contributed by atoms with E-state index >= 15 is 0 Å². The second kappa shape index (κ2) is 7.76. The maximum absolute atomic E-state index is 11.0. The third-order valence-corrected chi connectivity index (χ3v) is 1.81. The lowest BCUT2D eigenvalue weighted by atomic mass is 10.2. The number of rotatable bonds is 7. The van der Waals surface area contributed by atoms with Crippen molar-refractivity contribution in [1.82, 2.24) is 0 Å². The Labute approximate surface area is 84.9 Å². The quantitative estimate of drug-likeness (QED) is 0.483. The van der Waals surface area contributed by atoms with Gasteiger partial charge in [0.05, 0.1) is 6.10 Å². The number of esters is 1. The van der Waals surface area contributed by atoms with Crippen LogP contribution in [0.2, 0.25) is 0 Å². The maximum atomic E-state index is 11.0. The highest BCUT2D eigenvalue weighted by Crippen LogP contribution is 2.04. The Morgan fingerprint density at radius 1 is 1.36 bits per heavy atom. The van der Waals surface area contributed by atoms with Crippen LogP contribution < -0.4 is 0 Å². The van der Waals surface area contributed by atoms with Crippen LogP contribution in [0, 0.1) is 0 Å². The van der Waals surface area contributed by atoms with Gasteiger partial charge in [0, 0.05) is 12.8 Å². The van der Waals surface area contributed by atoms with Crippen LogP contribution >= 0.6 is 0 Å². The summed E-state index contributed by atoms with van der Waals surface area (Å²) in [7, 11) is 0. The average Bonchev–Trinajstić information content (AvgIpc) is 2.03. The van der Waals surface area contributed by atoms with E-state index in [1.165, 1.54) is 0 Å². The third kappa shape index (κ3) is 8.01. The van der Waals surface area contributed by atoms with Crippen LogP contribution in [0.15, 0.2) is 0 Å².